The molecule has 66 valence electrons. The molecule has 0 heterocycles. The number of alkyl halides is 1. The fraction of sp³-hybridized carbons (Fsp3) is 0.875. The van der Waals surface area contributed by atoms with E-state index in [1.165, 1.54) is 19.3 Å². The van der Waals surface area contributed by atoms with E-state index in [0.29, 0.717) is 0 Å². The Balaban J connectivity index is 3.17. The Labute approximate surface area is 82.1 Å². The molecule has 1 unspecified atom stereocenters. The van der Waals surface area contributed by atoms with E-state index in [1.807, 2.05) is 0 Å². The van der Waals surface area contributed by atoms with Crippen LogP contribution in [0.1, 0.15) is 39.0 Å². The highest BCUT2D eigenvalue weighted by atomic mass is 127. The topological polar surface area (TPSA) is 43.1 Å². The Bertz CT molecular complexity index is 117. The van der Waals surface area contributed by atoms with Gasteiger partial charge in [0.2, 0.25) is 5.91 Å². The van der Waals surface area contributed by atoms with Crippen molar-refractivity contribution >= 4 is 28.5 Å². The maximum Gasteiger partial charge on any atom is 0.230 e. The maximum atomic E-state index is 10.6. The lowest BCUT2D eigenvalue weighted by molar-refractivity contribution is -0.117. The number of nitrogens with two attached hydrogens (primary N) is 1. The van der Waals surface area contributed by atoms with Gasteiger partial charge in [0.25, 0.3) is 0 Å². The van der Waals surface area contributed by atoms with E-state index in [4.69, 9.17) is 5.73 Å². The van der Waals surface area contributed by atoms with E-state index in [2.05, 4.69) is 29.5 Å². The van der Waals surface area contributed by atoms with Gasteiger partial charge >= 0.3 is 0 Å². The third kappa shape index (κ3) is 6.59. The van der Waals surface area contributed by atoms with E-state index < -0.39 is 0 Å². The summed E-state index contributed by atoms with van der Waals surface area (Å²) in [6.07, 6.45) is 5.80. The summed E-state index contributed by atoms with van der Waals surface area (Å²) in [5.74, 6) is -0.179. The second kappa shape index (κ2) is 6.88. The van der Waals surface area contributed by atoms with Gasteiger partial charge in [-0.3, -0.25) is 4.79 Å². The molecule has 0 aromatic heterocycles. The van der Waals surface area contributed by atoms with Crippen LogP contribution in [0.3, 0.4) is 0 Å². The van der Waals surface area contributed by atoms with Gasteiger partial charge in [0, 0.05) is 0 Å². The lowest BCUT2D eigenvalue weighted by Crippen LogP contribution is -2.22. The van der Waals surface area contributed by atoms with Crippen molar-refractivity contribution in [3.05, 3.63) is 0 Å². The Kier molecular flexibility index (Phi) is 7.01. The number of carbonyl (C=O) groups excluding carboxylic acids is 1. The van der Waals surface area contributed by atoms with Gasteiger partial charge in [-0.25, -0.2) is 0 Å². The summed E-state index contributed by atoms with van der Waals surface area (Å²) in [4.78, 5) is 10.6. The van der Waals surface area contributed by atoms with Crippen molar-refractivity contribution in [3.8, 4) is 0 Å². The molecule has 0 fully saturated rings. The minimum Gasteiger partial charge on any atom is -0.369 e. The zero-order chi connectivity index (χ0) is 8.69. The summed E-state index contributed by atoms with van der Waals surface area (Å²) < 4.78 is 0.0319. The number of carbonyl (C=O) groups is 1. The van der Waals surface area contributed by atoms with Crippen LogP contribution in [-0.2, 0) is 4.79 Å². The van der Waals surface area contributed by atoms with Gasteiger partial charge in [0.1, 0.15) is 0 Å². The molecule has 1 amide bonds. The molecule has 0 bridgehead atoms. The van der Waals surface area contributed by atoms with Crippen molar-refractivity contribution < 1.29 is 4.79 Å². The highest BCUT2D eigenvalue weighted by Gasteiger charge is 2.08. The standard InChI is InChI=1S/C8H16INO/c1-2-3-4-5-6-7(9)8(10)11/h7H,2-6H2,1H3,(H2,10,11). The van der Waals surface area contributed by atoms with Gasteiger partial charge in [-0.05, 0) is 6.42 Å². The zero-order valence-corrected chi connectivity index (χ0v) is 9.13. The highest BCUT2D eigenvalue weighted by Crippen LogP contribution is 2.11. The quantitative estimate of drug-likeness (QED) is 0.448. The molecule has 0 aliphatic carbocycles. The van der Waals surface area contributed by atoms with Crippen LogP contribution in [0.2, 0.25) is 0 Å². The summed E-state index contributed by atoms with van der Waals surface area (Å²) in [5, 5.41) is 0. The van der Waals surface area contributed by atoms with Crippen molar-refractivity contribution in [1.29, 1.82) is 0 Å². The van der Waals surface area contributed by atoms with Crippen LogP contribution in [0.4, 0.5) is 0 Å². The largest absolute Gasteiger partial charge is 0.369 e. The monoisotopic (exact) mass is 269 g/mol. The molecule has 0 aliphatic rings. The second-order valence-electron chi connectivity index (χ2n) is 2.72. The predicted octanol–water partition coefficient (Wildman–Crippen LogP) is 2.25. The van der Waals surface area contributed by atoms with Gasteiger partial charge in [-0.2, -0.15) is 0 Å². The highest BCUT2D eigenvalue weighted by molar-refractivity contribution is 14.1. The molecular weight excluding hydrogens is 253 g/mol. The van der Waals surface area contributed by atoms with Gasteiger partial charge in [-0.1, -0.05) is 55.2 Å². The summed E-state index contributed by atoms with van der Waals surface area (Å²) in [6, 6.07) is 0. The Hall–Kier alpha value is 0.200. The van der Waals surface area contributed by atoms with E-state index in [9.17, 15) is 4.79 Å². The molecule has 0 spiro atoms. The minimum absolute atomic E-state index is 0.0319. The van der Waals surface area contributed by atoms with Crippen LogP contribution < -0.4 is 5.73 Å². The summed E-state index contributed by atoms with van der Waals surface area (Å²) in [6.45, 7) is 2.18. The SMILES string of the molecule is CCCCCCC(I)C(N)=O. The molecule has 11 heavy (non-hydrogen) atoms. The summed E-state index contributed by atoms with van der Waals surface area (Å²) >= 11 is 2.11. The molecule has 0 radical (unpaired) electrons. The lowest BCUT2D eigenvalue weighted by atomic mass is 10.1. The van der Waals surface area contributed by atoms with E-state index in [1.54, 1.807) is 0 Å². The zero-order valence-electron chi connectivity index (χ0n) is 6.98. The second-order valence-corrected chi connectivity index (χ2v) is 4.22. The van der Waals surface area contributed by atoms with Crippen LogP contribution in [0, 0.1) is 0 Å². The first-order valence-corrected chi connectivity index (χ1v) is 5.36. The number of unbranched alkanes of at least 4 members (excludes halogenated alkanes) is 3. The van der Waals surface area contributed by atoms with Gasteiger partial charge in [-0.15, -0.1) is 0 Å². The fourth-order valence-electron chi connectivity index (χ4n) is 0.893. The third-order valence-electron chi connectivity index (χ3n) is 1.62. The molecule has 0 aliphatic heterocycles. The number of amides is 1. The molecule has 0 aromatic carbocycles. The third-order valence-corrected chi connectivity index (χ3v) is 2.86. The van der Waals surface area contributed by atoms with Gasteiger partial charge in [0.15, 0.2) is 0 Å². The first-order valence-electron chi connectivity index (χ1n) is 4.12. The van der Waals surface area contributed by atoms with Crippen molar-refractivity contribution in [3.63, 3.8) is 0 Å². The molecular formula is C8H16INO. The van der Waals surface area contributed by atoms with Crippen LogP contribution in [-0.4, -0.2) is 9.83 Å². The first kappa shape index (κ1) is 11.2. The first-order chi connectivity index (χ1) is 5.18. The van der Waals surface area contributed by atoms with Crippen LogP contribution in [0.15, 0.2) is 0 Å². The molecule has 0 aromatic rings. The Morgan fingerprint density at radius 1 is 1.45 bits per heavy atom. The molecule has 1 atom stereocenters. The number of hydrogen-bond acceptors (Lipinski definition) is 1. The van der Waals surface area contributed by atoms with E-state index in [-0.39, 0.29) is 9.83 Å². The molecule has 0 saturated heterocycles. The Morgan fingerprint density at radius 2 is 2.09 bits per heavy atom. The average molecular weight is 269 g/mol. The number of primary amides is 1. The van der Waals surface area contributed by atoms with Crippen molar-refractivity contribution in [1.82, 2.24) is 0 Å². The van der Waals surface area contributed by atoms with E-state index >= 15 is 0 Å². The predicted molar refractivity (Wildman–Crippen MR) is 55.8 cm³/mol. The normalized spacial score (nSPS) is 12.9. The summed E-state index contributed by atoms with van der Waals surface area (Å²) in [7, 11) is 0. The fourth-order valence-corrected chi connectivity index (χ4v) is 1.33. The molecule has 0 rings (SSSR count). The maximum absolute atomic E-state index is 10.6. The van der Waals surface area contributed by atoms with E-state index in [0.717, 1.165) is 12.8 Å². The molecule has 2 N–H and O–H groups in total. The molecule has 3 heteroatoms. The van der Waals surface area contributed by atoms with Crippen LogP contribution in [0.5, 0.6) is 0 Å². The smallest absolute Gasteiger partial charge is 0.230 e. The average Bonchev–Trinajstić information content (AvgIpc) is 1.97. The number of hydrogen-bond donors (Lipinski definition) is 1. The minimum atomic E-state index is -0.179. The molecule has 0 saturated carbocycles. The number of halogens is 1. The summed E-state index contributed by atoms with van der Waals surface area (Å²) in [5.41, 5.74) is 5.10. The van der Waals surface area contributed by atoms with Crippen molar-refractivity contribution in [2.24, 2.45) is 5.73 Å². The van der Waals surface area contributed by atoms with Crippen LogP contribution >= 0.6 is 22.6 Å². The lowest BCUT2D eigenvalue weighted by Gasteiger charge is -2.03. The molecule has 2 nitrogen and oxygen atoms in total. The van der Waals surface area contributed by atoms with Crippen LogP contribution in [0.25, 0.3) is 0 Å². The van der Waals surface area contributed by atoms with Gasteiger partial charge < -0.3 is 5.73 Å². The van der Waals surface area contributed by atoms with Crippen molar-refractivity contribution in [2.45, 2.75) is 43.0 Å². The van der Waals surface area contributed by atoms with Gasteiger partial charge in [0.05, 0.1) is 3.92 Å². The van der Waals surface area contributed by atoms with Crippen molar-refractivity contribution in [2.75, 3.05) is 0 Å². The number of rotatable bonds is 6. The Morgan fingerprint density at radius 3 is 2.55 bits per heavy atom.